The topological polar surface area (TPSA) is 34.1 Å². The number of rotatable bonds is 7. The average molecular weight is 208 g/mol. The van der Waals surface area contributed by atoms with Crippen LogP contribution in [0, 0.1) is 5.92 Å². The zero-order valence-electron chi connectivity index (χ0n) is 9.57. The van der Waals surface area contributed by atoms with Gasteiger partial charge in [0.25, 0.3) is 0 Å². The van der Waals surface area contributed by atoms with Gasteiger partial charge in [0, 0.05) is 37.8 Å². The molecule has 3 nitrogen and oxygen atoms in total. The first-order valence-corrected chi connectivity index (χ1v) is 5.50. The molecule has 0 spiro atoms. The summed E-state index contributed by atoms with van der Waals surface area (Å²) < 4.78 is 5.48. The minimum atomic E-state index is 0.623. The highest BCUT2D eigenvalue weighted by molar-refractivity contribution is 5.40. The molecule has 0 saturated heterocycles. The zero-order chi connectivity index (χ0) is 10.9. The maximum Gasteiger partial charge on any atom is 0.0489 e. The monoisotopic (exact) mass is 208 g/mol. The van der Waals surface area contributed by atoms with Gasteiger partial charge in [-0.15, -0.1) is 0 Å². The molecular formula is C12H20N2O. The van der Waals surface area contributed by atoms with Gasteiger partial charge in [0.15, 0.2) is 0 Å². The summed E-state index contributed by atoms with van der Waals surface area (Å²) in [4.78, 5) is 3.96. The van der Waals surface area contributed by atoms with Crippen LogP contribution >= 0.6 is 0 Å². The lowest BCUT2D eigenvalue weighted by atomic mass is 10.2. The summed E-state index contributed by atoms with van der Waals surface area (Å²) in [5, 5.41) is 3.31. The molecule has 1 rings (SSSR count). The second-order valence-electron chi connectivity index (χ2n) is 3.98. The zero-order valence-corrected chi connectivity index (χ0v) is 9.57. The van der Waals surface area contributed by atoms with Crippen molar-refractivity contribution < 1.29 is 4.74 Å². The third-order valence-corrected chi connectivity index (χ3v) is 1.93. The van der Waals surface area contributed by atoms with E-state index >= 15 is 0 Å². The second kappa shape index (κ2) is 7.23. The van der Waals surface area contributed by atoms with Gasteiger partial charge in [-0.2, -0.15) is 0 Å². The van der Waals surface area contributed by atoms with E-state index in [0.717, 1.165) is 31.9 Å². The summed E-state index contributed by atoms with van der Waals surface area (Å²) >= 11 is 0. The minimum Gasteiger partial charge on any atom is -0.385 e. The molecule has 0 radical (unpaired) electrons. The van der Waals surface area contributed by atoms with Crippen LogP contribution < -0.4 is 5.32 Å². The van der Waals surface area contributed by atoms with Crippen molar-refractivity contribution in [1.82, 2.24) is 4.98 Å². The summed E-state index contributed by atoms with van der Waals surface area (Å²) in [7, 11) is 0. The van der Waals surface area contributed by atoms with E-state index in [2.05, 4.69) is 24.1 Å². The van der Waals surface area contributed by atoms with Crippen LogP contribution in [0.4, 0.5) is 5.69 Å². The molecule has 0 atom stereocenters. The Morgan fingerprint density at radius 1 is 1.33 bits per heavy atom. The Morgan fingerprint density at radius 3 is 2.73 bits per heavy atom. The molecule has 0 aliphatic rings. The highest BCUT2D eigenvalue weighted by Gasteiger charge is 1.94. The van der Waals surface area contributed by atoms with Crippen molar-refractivity contribution in [2.75, 3.05) is 25.1 Å². The predicted molar refractivity (Wildman–Crippen MR) is 63.0 cm³/mol. The summed E-state index contributed by atoms with van der Waals surface area (Å²) in [5.41, 5.74) is 1.12. The SMILES string of the molecule is CC(C)COCCCNc1ccncc1. The van der Waals surface area contributed by atoms with E-state index < -0.39 is 0 Å². The Kier molecular flexibility index (Phi) is 5.78. The quantitative estimate of drug-likeness (QED) is 0.699. The number of hydrogen-bond donors (Lipinski definition) is 1. The Morgan fingerprint density at radius 2 is 2.07 bits per heavy atom. The molecule has 1 aromatic heterocycles. The summed E-state index contributed by atoms with van der Waals surface area (Å²) in [6, 6.07) is 3.93. The van der Waals surface area contributed by atoms with E-state index in [1.807, 2.05) is 12.1 Å². The van der Waals surface area contributed by atoms with Crippen molar-refractivity contribution in [1.29, 1.82) is 0 Å². The molecule has 84 valence electrons. The number of anilines is 1. The first-order chi connectivity index (χ1) is 7.29. The Bertz CT molecular complexity index is 249. The number of nitrogens with one attached hydrogen (secondary N) is 1. The number of ether oxygens (including phenoxy) is 1. The van der Waals surface area contributed by atoms with Crippen molar-refractivity contribution in [3.05, 3.63) is 24.5 Å². The third-order valence-electron chi connectivity index (χ3n) is 1.93. The minimum absolute atomic E-state index is 0.623. The Balaban J connectivity index is 1.98. The molecule has 0 bridgehead atoms. The highest BCUT2D eigenvalue weighted by Crippen LogP contribution is 2.02. The largest absolute Gasteiger partial charge is 0.385 e. The van der Waals surface area contributed by atoms with Crippen molar-refractivity contribution in [2.45, 2.75) is 20.3 Å². The van der Waals surface area contributed by atoms with Crippen molar-refractivity contribution in [3.8, 4) is 0 Å². The number of nitrogens with zero attached hydrogens (tertiary/aromatic N) is 1. The molecule has 0 aliphatic heterocycles. The van der Waals surface area contributed by atoms with E-state index in [-0.39, 0.29) is 0 Å². The maximum absolute atomic E-state index is 5.48. The molecule has 0 aromatic carbocycles. The summed E-state index contributed by atoms with van der Waals surface area (Å²) in [5.74, 6) is 0.623. The fraction of sp³-hybridized carbons (Fsp3) is 0.583. The van der Waals surface area contributed by atoms with Gasteiger partial charge < -0.3 is 10.1 Å². The summed E-state index contributed by atoms with van der Waals surface area (Å²) in [6.45, 7) is 6.96. The molecule has 0 unspecified atom stereocenters. The van der Waals surface area contributed by atoms with Crippen LogP contribution in [0.3, 0.4) is 0 Å². The van der Waals surface area contributed by atoms with E-state index in [1.165, 1.54) is 0 Å². The first kappa shape index (κ1) is 12.0. The van der Waals surface area contributed by atoms with Crippen molar-refractivity contribution >= 4 is 5.69 Å². The van der Waals surface area contributed by atoms with Crippen LogP contribution in [0.5, 0.6) is 0 Å². The fourth-order valence-corrected chi connectivity index (χ4v) is 1.20. The Hall–Kier alpha value is -1.09. The fourth-order valence-electron chi connectivity index (χ4n) is 1.20. The second-order valence-corrected chi connectivity index (χ2v) is 3.98. The van der Waals surface area contributed by atoms with E-state index in [9.17, 15) is 0 Å². The molecule has 1 heterocycles. The van der Waals surface area contributed by atoms with Gasteiger partial charge >= 0.3 is 0 Å². The van der Waals surface area contributed by atoms with Gasteiger partial charge in [0.1, 0.15) is 0 Å². The van der Waals surface area contributed by atoms with E-state index in [0.29, 0.717) is 5.92 Å². The summed E-state index contributed by atoms with van der Waals surface area (Å²) in [6.07, 6.45) is 4.62. The molecule has 0 fully saturated rings. The molecule has 0 saturated carbocycles. The molecule has 1 aromatic rings. The van der Waals surface area contributed by atoms with Crippen LogP contribution in [0.1, 0.15) is 20.3 Å². The van der Waals surface area contributed by atoms with E-state index in [4.69, 9.17) is 4.74 Å². The highest BCUT2D eigenvalue weighted by atomic mass is 16.5. The average Bonchev–Trinajstić information content (AvgIpc) is 2.24. The lowest BCUT2D eigenvalue weighted by Crippen LogP contribution is -2.08. The normalized spacial score (nSPS) is 10.6. The number of hydrogen-bond acceptors (Lipinski definition) is 3. The maximum atomic E-state index is 5.48. The number of aromatic nitrogens is 1. The standard InChI is InChI=1S/C12H20N2O/c1-11(2)10-15-9-3-6-14-12-4-7-13-8-5-12/h4-5,7-8,11H,3,6,9-10H2,1-2H3,(H,13,14). The van der Waals surface area contributed by atoms with Crippen LogP contribution in [0.2, 0.25) is 0 Å². The lowest BCUT2D eigenvalue weighted by Gasteiger charge is -2.08. The van der Waals surface area contributed by atoms with Crippen molar-refractivity contribution in [3.63, 3.8) is 0 Å². The molecule has 15 heavy (non-hydrogen) atoms. The smallest absolute Gasteiger partial charge is 0.0489 e. The van der Waals surface area contributed by atoms with E-state index in [1.54, 1.807) is 12.4 Å². The molecular weight excluding hydrogens is 188 g/mol. The van der Waals surface area contributed by atoms with Crippen molar-refractivity contribution in [2.24, 2.45) is 5.92 Å². The number of pyridine rings is 1. The van der Waals surface area contributed by atoms with Crippen LogP contribution in [-0.2, 0) is 4.74 Å². The lowest BCUT2D eigenvalue weighted by molar-refractivity contribution is 0.110. The first-order valence-electron chi connectivity index (χ1n) is 5.50. The molecule has 0 amide bonds. The molecule has 1 N–H and O–H groups in total. The molecule has 0 aliphatic carbocycles. The van der Waals surface area contributed by atoms with Gasteiger partial charge in [-0.1, -0.05) is 13.8 Å². The molecule has 3 heteroatoms. The van der Waals surface area contributed by atoms with Crippen LogP contribution in [-0.4, -0.2) is 24.7 Å². The van der Waals surface area contributed by atoms with Crippen LogP contribution in [0.15, 0.2) is 24.5 Å². The predicted octanol–water partition coefficient (Wildman–Crippen LogP) is 2.56. The third kappa shape index (κ3) is 6.07. The Labute approximate surface area is 91.9 Å². The van der Waals surface area contributed by atoms with Gasteiger partial charge in [0.2, 0.25) is 0 Å². The van der Waals surface area contributed by atoms with Crippen LogP contribution in [0.25, 0.3) is 0 Å². The van der Waals surface area contributed by atoms with Gasteiger partial charge in [-0.25, -0.2) is 0 Å². The van der Waals surface area contributed by atoms with Gasteiger partial charge in [0.05, 0.1) is 0 Å². The van der Waals surface area contributed by atoms with Gasteiger partial charge in [-0.05, 0) is 24.5 Å². The van der Waals surface area contributed by atoms with Gasteiger partial charge in [-0.3, -0.25) is 4.98 Å².